The van der Waals surface area contributed by atoms with Crippen molar-refractivity contribution in [2.75, 3.05) is 13.1 Å². The number of hydrogen-bond acceptors (Lipinski definition) is 4. The number of nitrogens with two attached hydrogens (primary N) is 1. The predicted molar refractivity (Wildman–Crippen MR) is 111 cm³/mol. The van der Waals surface area contributed by atoms with E-state index >= 15 is 0 Å². The molecule has 144 valence electrons. The lowest BCUT2D eigenvalue weighted by molar-refractivity contribution is -0.123. The number of phenols is 1. The number of aromatic nitrogens is 1. The zero-order valence-corrected chi connectivity index (χ0v) is 16.2. The molecular formula is C22H22ClN3O2. The number of carbonyl (C=O) groups excluding carboxylic acids is 1. The Labute approximate surface area is 168 Å². The number of halogens is 1. The third-order valence-electron chi connectivity index (χ3n) is 5.40. The molecule has 0 saturated carbocycles. The summed E-state index contributed by atoms with van der Waals surface area (Å²) in [6, 6.07) is 13.3. The molecule has 3 aromatic rings. The van der Waals surface area contributed by atoms with E-state index in [1.54, 1.807) is 12.3 Å². The zero-order valence-electron chi connectivity index (χ0n) is 15.4. The maximum absolute atomic E-state index is 11.5. The summed E-state index contributed by atoms with van der Waals surface area (Å²) < 4.78 is 0. The van der Waals surface area contributed by atoms with Crippen LogP contribution in [0, 0.1) is 5.92 Å². The average Bonchev–Trinajstić information content (AvgIpc) is 2.69. The maximum atomic E-state index is 11.5. The molecular weight excluding hydrogens is 374 g/mol. The molecule has 2 heterocycles. The Balaban J connectivity index is 1.66. The number of rotatable bonds is 4. The molecule has 1 atom stereocenters. The molecule has 3 N–H and O–H groups in total. The van der Waals surface area contributed by atoms with Gasteiger partial charge in [-0.1, -0.05) is 23.7 Å². The van der Waals surface area contributed by atoms with Crippen LogP contribution in [0.3, 0.4) is 0 Å². The number of fused-ring (bicyclic) bond motifs is 1. The van der Waals surface area contributed by atoms with Crippen molar-refractivity contribution in [3.05, 3.63) is 59.2 Å². The molecule has 1 aromatic heterocycles. The lowest BCUT2D eigenvalue weighted by atomic mass is 9.96. The van der Waals surface area contributed by atoms with Gasteiger partial charge in [-0.2, -0.15) is 0 Å². The molecule has 0 radical (unpaired) electrons. The fourth-order valence-corrected chi connectivity index (χ4v) is 4.09. The van der Waals surface area contributed by atoms with Crippen molar-refractivity contribution in [2.45, 2.75) is 19.4 Å². The first-order valence-electron chi connectivity index (χ1n) is 9.39. The summed E-state index contributed by atoms with van der Waals surface area (Å²) in [5.74, 6) is -0.107. The van der Waals surface area contributed by atoms with Gasteiger partial charge in [0.1, 0.15) is 5.75 Å². The summed E-state index contributed by atoms with van der Waals surface area (Å²) >= 11 is 6.09. The van der Waals surface area contributed by atoms with Gasteiger partial charge in [0.15, 0.2) is 0 Å². The summed E-state index contributed by atoms with van der Waals surface area (Å²) in [5, 5.41) is 12.0. The Kier molecular flexibility index (Phi) is 5.20. The Bertz CT molecular complexity index is 1040. The third kappa shape index (κ3) is 3.81. The van der Waals surface area contributed by atoms with E-state index in [-0.39, 0.29) is 17.6 Å². The van der Waals surface area contributed by atoms with Gasteiger partial charge in [-0.25, -0.2) is 0 Å². The van der Waals surface area contributed by atoms with Gasteiger partial charge in [-0.15, -0.1) is 0 Å². The first-order valence-corrected chi connectivity index (χ1v) is 9.77. The zero-order chi connectivity index (χ0) is 19.7. The minimum absolute atomic E-state index is 0.118. The smallest absolute Gasteiger partial charge is 0.221 e. The van der Waals surface area contributed by atoms with E-state index in [0.29, 0.717) is 18.1 Å². The summed E-state index contributed by atoms with van der Waals surface area (Å²) in [4.78, 5) is 18.1. The molecule has 1 unspecified atom stereocenters. The first-order chi connectivity index (χ1) is 13.5. The van der Waals surface area contributed by atoms with Crippen LogP contribution in [0.5, 0.6) is 5.75 Å². The van der Waals surface area contributed by atoms with E-state index in [4.69, 9.17) is 17.3 Å². The number of amides is 1. The van der Waals surface area contributed by atoms with Crippen LogP contribution in [0.1, 0.15) is 18.4 Å². The Morgan fingerprint density at radius 2 is 2.11 bits per heavy atom. The Hall–Kier alpha value is -2.63. The molecule has 0 aliphatic carbocycles. The van der Waals surface area contributed by atoms with Gasteiger partial charge in [-0.3, -0.25) is 14.7 Å². The van der Waals surface area contributed by atoms with Crippen LogP contribution in [0.15, 0.2) is 48.7 Å². The van der Waals surface area contributed by atoms with Crippen molar-refractivity contribution in [1.82, 2.24) is 9.88 Å². The van der Waals surface area contributed by atoms with Gasteiger partial charge in [0.2, 0.25) is 5.91 Å². The third-order valence-corrected chi connectivity index (χ3v) is 5.63. The van der Waals surface area contributed by atoms with Crippen LogP contribution in [0.25, 0.3) is 22.0 Å². The van der Waals surface area contributed by atoms with Crippen molar-refractivity contribution in [2.24, 2.45) is 11.7 Å². The highest BCUT2D eigenvalue weighted by Crippen LogP contribution is 2.32. The standard InChI is InChI=1S/C22H22ClN3O2/c23-17-4-5-19-18(7-8-25-20(19)11-17)14-3-6-21(27)16(10-14)13-26-9-1-2-15(12-26)22(24)28/h3-8,10-11,15,27H,1-2,9,12-13H2,(H2,24,28). The van der Waals surface area contributed by atoms with E-state index in [9.17, 15) is 9.90 Å². The number of primary amides is 1. The van der Waals surface area contributed by atoms with Crippen LogP contribution in [0.2, 0.25) is 5.02 Å². The fourth-order valence-electron chi connectivity index (χ4n) is 3.92. The molecule has 1 saturated heterocycles. The van der Waals surface area contributed by atoms with Crippen LogP contribution in [0.4, 0.5) is 0 Å². The van der Waals surface area contributed by atoms with Gasteiger partial charge in [-0.05, 0) is 60.8 Å². The normalized spacial score (nSPS) is 17.7. The molecule has 1 fully saturated rings. The molecule has 4 rings (SSSR count). The van der Waals surface area contributed by atoms with E-state index < -0.39 is 0 Å². The SMILES string of the molecule is NC(=O)C1CCCN(Cc2cc(-c3ccnc4cc(Cl)ccc34)ccc2O)C1. The van der Waals surface area contributed by atoms with Gasteiger partial charge in [0.25, 0.3) is 0 Å². The molecule has 0 spiro atoms. The highest BCUT2D eigenvalue weighted by Gasteiger charge is 2.24. The quantitative estimate of drug-likeness (QED) is 0.700. The fraction of sp³-hybridized carbons (Fsp3) is 0.273. The van der Waals surface area contributed by atoms with Crippen LogP contribution in [-0.4, -0.2) is 34.0 Å². The Morgan fingerprint density at radius 3 is 2.93 bits per heavy atom. The van der Waals surface area contributed by atoms with Crippen LogP contribution >= 0.6 is 11.6 Å². The largest absolute Gasteiger partial charge is 0.508 e. The number of phenolic OH excluding ortho intramolecular Hbond substituents is 1. The highest BCUT2D eigenvalue weighted by atomic mass is 35.5. The molecule has 5 nitrogen and oxygen atoms in total. The highest BCUT2D eigenvalue weighted by molar-refractivity contribution is 6.31. The number of benzene rings is 2. The number of nitrogens with zero attached hydrogens (tertiary/aromatic N) is 2. The number of carbonyl (C=O) groups is 1. The summed E-state index contributed by atoms with van der Waals surface area (Å²) in [5.41, 5.74) is 9.20. The average molecular weight is 396 g/mol. The van der Waals surface area contributed by atoms with Gasteiger partial charge < -0.3 is 10.8 Å². The number of likely N-dealkylation sites (tertiary alicyclic amines) is 1. The second kappa shape index (κ2) is 7.78. The lowest BCUT2D eigenvalue weighted by Gasteiger charge is -2.31. The van der Waals surface area contributed by atoms with Crippen molar-refractivity contribution < 1.29 is 9.90 Å². The monoisotopic (exact) mass is 395 g/mol. The van der Waals surface area contributed by atoms with Crippen molar-refractivity contribution >= 4 is 28.4 Å². The van der Waals surface area contributed by atoms with Crippen LogP contribution < -0.4 is 5.73 Å². The van der Waals surface area contributed by atoms with Crippen molar-refractivity contribution in [3.63, 3.8) is 0 Å². The summed E-state index contributed by atoms with van der Waals surface area (Å²) in [7, 11) is 0. The molecule has 6 heteroatoms. The van der Waals surface area contributed by atoms with Gasteiger partial charge in [0.05, 0.1) is 11.4 Å². The van der Waals surface area contributed by atoms with E-state index in [1.165, 1.54) is 0 Å². The number of pyridine rings is 1. The number of hydrogen-bond donors (Lipinski definition) is 2. The van der Waals surface area contributed by atoms with E-state index in [1.807, 2.05) is 36.4 Å². The van der Waals surface area contributed by atoms with E-state index in [0.717, 1.165) is 47.0 Å². The number of piperidine rings is 1. The molecule has 2 aromatic carbocycles. The summed E-state index contributed by atoms with van der Waals surface area (Å²) in [6.07, 6.45) is 3.54. The maximum Gasteiger partial charge on any atom is 0.221 e. The first kappa shape index (κ1) is 18.7. The molecule has 1 aliphatic heterocycles. The molecule has 1 amide bonds. The van der Waals surface area contributed by atoms with Crippen molar-refractivity contribution in [3.8, 4) is 16.9 Å². The lowest BCUT2D eigenvalue weighted by Crippen LogP contribution is -2.40. The summed E-state index contributed by atoms with van der Waals surface area (Å²) in [6.45, 7) is 2.11. The topological polar surface area (TPSA) is 79.5 Å². The molecule has 28 heavy (non-hydrogen) atoms. The molecule has 1 aliphatic rings. The minimum Gasteiger partial charge on any atom is -0.508 e. The van der Waals surface area contributed by atoms with Gasteiger partial charge in [0, 0.05) is 35.3 Å². The second-order valence-corrected chi connectivity index (χ2v) is 7.78. The number of aromatic hydroxyl groups is 1. The molecule has 0 bridgehead atoms. The van der Waals surface area contributed by atoms with E-state index in [2.05, 4.69) is 9.88 Å². The Morgan fingerprint density at radius 1 is 1.25 bits per heavy atom. The van der Waals surface area contributed by atoms with Crippen LogP contribution in [-0.2, 0) is 11.3 Å². The predicted octanol–water partition coefficient (Wildman–Crippen LogP) is 3.96. The van der Waals surface area contributed by atoms with Crippen molar-refractivity contribution in [1.29, 1.82) is 0 Å². The minimum atomic E-state index is -0.246. The second-order valence-electron chi connectivity index (χ2n) is 7.34. The van der Waals surface area contributed by atoms with Gasteiger partial charge >= 0.3 is 0 Å².